The van der Waals surface area contributed by atoms with Crippen molar-refractivity contribution in [3.63, 3.8) is 0 Å². The Kier molecular flexibility index (Phi) is 4.82. The van der Waals surface area contributed by atoms with Gasteiger partial charge in [0.25, 0.3) is 0 Å². The lowest BCUT2D eigenvalue weighted by Gasteiger charge is -2.30. The molecule has 2 rings (SSSR count). The van der Waals surface area contributed by atoms with E-state index in [1.165, 1.54) is 24.1 Å². The van der Waals surface area contributed by atoms with Crippen LogP contribution in [0.1, 0.15) is 31.1 Å². The standard InChI is InChI=1S/C13H21NOS/c1-2-14-12(10-11-6-5-9-16-11)13-7-3-4-8-15-13/h5-6,9,12-14H,2-4,7-8,10H2,1H3. The normalized spacial score (nSPS) is 23.2. The van der Waals surface area contributed by atoms with Crippen molar-refractivity contribution in [1.82, 2.24) is 5.32 Å². The lowest BCUT2D eigenvalue weighted by atomic mass is 9.99. The van der Waals surface area contributed by atoms with Crippen molar-refractivity contribution in [2.45, 2.75) is 44.8 Å². The molecule has 0 spiro atoms. The average molecular weight is 239 g/mol. The largest absolute Gasteiger partial charge is 0.377 e. The van der Waals surface area contributed by atoms with Gasteiger partial charge in [-0.1, -0.05) is 13.0 Å². The summed E-state index contributed by atoms with van der Waals surface area (Å²) in [6.07, 6.45) is 5.28. The number of likely N-dealkylation sites (N-methyl/N-ethyl adjacent to an activating group) is 1. The van der Waals surface area contributed by atoms with Gasteiger partial charge in [-0.05, 0) is 43.7 Å². The molecular weight excluding hydrogens is 218 g/mol. The summed E-state index contributed by atoms with van der Waals surface area (Å²) in [6, 6.07) is 4.84. The minimum atomic E-state index is 0.413. The van der Waals surface area contributed by atoms with E-state index in [1.54, 1.807) is 0 Å². The van der Waals surface area contributed by atoms with Crippen LogP contribution in [0.5, 0.6) is 0 Å². The van der Waals surface area contributed by atoms with Gasteiger partial charge in [0.15, 0.2) is 0 Å². The molecule has 2 unspecified atom stereocenters. The van der Waals surface area contributed by atoms with E-state index in [2.05, 4.69) is 29.8 Å². The second-order valence-corrected chi connectivity index (χ2v) is 5.38. The third-order valence-corrected chi connectivity index (χ3v) is 4.03. The first-order valence-electron chi connectivity index (χ1n) is 6.27. The third-order valence-electron chi connectivity index (χ3n) is 3.13. The molecule has 0 aliphatic carbocycles. The first kappa shape index (κ1) is 12.1. The fourth-order valence-electron chi connectivity index (χ4n) is 2.33. The van der Waals surface area contributed by atoms with Gasteiger partial charge in [-0.2, -0.15) is 0 Å². The van der Waals surface area contributed by atoms with Crippen molar-refractivity contribution in [1.29, 1.82) is 0 Å². The number of hydrogen-bond donors (Lipinski definition) is 1. The van der Waals surface area contributed by atoms with Gasteiger partial charge in [0, 0.05) is 17.5 Å². The lowest BCUT2D eigenvalue weighted by Crippen LogP contribution is -2.44. The van der Waals surface area contributed by atoms with Gasteiger partial charge >= 0.3 is 0 Å². The number of hydrogen-bond acceptors (Lipinski definition) is 3. The molecule has 16 heavy (non-hydrogen) atoms. The van der Waals surface area contributed by atoms with Crippen LogP contribution in [0.2, 0.25) is 0 Å². The molecule has 2 heterocycles. The van der Waals surface area contributed by atoms with Crippen LogP contribution in [0.25, 0.3) is 0 Å². The highest BCUT2D eigenvalue weighted by Crippen LogP contribution is 2.20. The molecule has 1 fully saturated rings. The van der Waals surface area contributed by atoms with Gasteiger partial charge in [-0.15, -0.1) is 11.3 Å². The predicted octanol–water partition coefficient (Wildman–Crippen LogP) is 2.84. The second-order valence-electron chi connectivity index (χ2n) is 4.35. The van der Waals surface area contributed by atoms with Crippen LogP contribution in [-0.4, -0.2) is 25.3 Å². The molecular formula is C13H21NOS. The van der Waals surface area contributed by atoms with Crippen molar-refractivity contribution >= 4 is 11.3 Å². The van der Waals surface area contributed by atoms with Gasteiger partial charge < -0.3 is 10.1 Å². The molecule has 1 aromatic rings. The van der Waals surface area contributed by atoms with E-state index >= 15 is 0 Å². The number of nitrogens with one attached hydrogen (secondary N) is 1. The van der Waals surface area contributed by atoms with Crippen LogP contribution < -0.4 is 5.32 Å². The number of rotatable bonds is 5. The molecule has 3 heteroatoms. The Morgan fingerprint density at radius 2 is 2.50 bits per heavy atom. The molecule has 0 bridgehead atoms. The van der Waals surface area contributed by atoms with Crippen molar-refractivity contribution < 1.29 is 4.74 Å². The molecule has 2 atom stereocenters. The molecule has 90 valence electrons. The van der Waals surface area contributed by atoms with E-state index in [9.17, 15) is 0 Å². The maximum atomic E-state index is 5.88. The minimum absolute atomic E-state index is 0.413. The summed E-state index contributed by atoms with van der Waals surface area (Å²) in [5.41, 5.74) is 0. The summed E-state index contributed by atoms with van der Waals surface area (Å²) in [5.74, 6) is 0. The topological polar surface area (TPSA) is 21.3 Å². The summed E-state index contributed by atoms with van der Waals surface area (Å²) in [5, 5.41) is 5.73. The SMILES string of the molecule is CCNC(Cc1cccs1)C1CCCCO1. The monoisotopic (exact) mass is 239 g/mol. The van der Waals surface area contributed by atoms with Crippen molar-refractivity contribution in [2.75, 3.05) is 13.2 Å². The first-order valence-corrected chi connectivity index (χ1v) is 7.15. The molecule has 0 saturated carbocycles. The van der Waals surface area contributed by atoms with Crippen LogP contribution in [-0.2, 0) is 11.2 Å². The Labute approximate surface area is 102 Å². The quantitative estimate of drug-likeness (QED) is 0.853. The van der Waals surface area contributed by atoms with Crippen LogP contribution >= 0.6 is 11.3 Å². The molecule has 1 saturated heterocycles. The van der Waals surface area contributed by atoms with Crippen LogP contribution in [0.15, 0.2) is 17.5 Å². The zero-order chi connectivity index (χ0) is 11.2. The fourth-order valence-corrected chi connectivity index (χ4v) is 3.09. The number of thiophene rings is 1. The van der Waals surface area contributed by atoms with E-state index in [-0.39, 0.29) is 0 Å². The van der Waals surface area contributed by atoms with Gasteiger partial charge in [-0.25, -0.2) is 0 Å². The summed E-state index contributed by atoms with van der Waals surface area (Å²) in [4.78, 5) is 1.46. The summed E-state index contributed by atoms with van der Waals surface area (Å²) >= 11 is 1.85. The van der Waals surface area contributed by atoms with E-state index in [0.717, 1.165) is 19.6 Å². The summed E-state index contributed by atoms with van der Waals surface area (Å²) < 4.78 is 5.88. The second kappa shape index (κ2) is 6.38. The van der Waals surface area contributed by atoms with Gasteiger partial charge in [0.2, 0.25) is 0 Å². The van der Waals surface area contributed by atoms with Crippen LogP contribution in [0.3, 0.4) is 0 Å². The Hall–Kier alpha value is -0.380. The summed E-state index contributed by atoms with van der Waals surface area (Å²) in [7, 11) is 0. The number of ether oxygens (including phenoxy) is 1. The highest BCUT2D eigenvalue weighted by molar-refractivity contribution is 7.09. The Balaban J connectivity index is 1.92. The fraction of sp³-hybridized carbons (Fsp3) is 0.692. The maximum Gasteiger partial charge on any atom is 0.0731 e. The molecule has 1 aromatic heterocycles. The van der Waals surface area contributed by atoms with Crippen molar-refractivity contribution in [3.8, 4) is 0 Å². The lowest BCUT2D eigenvalue weighted by molar-refractivity contribution is -0.00693. The third kappa shape index (κ3) is 3.30. The molecule has 0 aromatic carbocycles. The average Bonchev–Trinajstić information content (AvgIpc) is 2.83. The molecule has 2 nitrogen and oxygen atoms in total. The smallest absolute Gasteiger partial charge is 0.0731 e. The molecule has 0 amide bonds. The van der Waals surface area contributed by atoms with E-state index in [1.807, 2.05) is 11.3 Å². The highest BCUT2D eigenvalue weighted by atomic mass is 32.1. The first-order chi connectivity index (χ1) is 7.90. The van der Waals surface area contributed by atoms with Gasteiger partial charge in [0.1, 0.15) is 0 Å². The summed E-state index contributed by atoms with van der Waals surface area (Å²) in [6.45, 7) is 4.14. The Morgan fingerprint density at radius 3 is 3.12 bits per heavy atom. The van der Waals surface area contributed by atoms with E-state index in [4.69, 9.17) is 4.74 Å². The van der Waals surface area contributed by atoms with Crippen molar-refractivity contribution in [3.05, 3.63) is 22.4 Å². The highest BCUT2D eigenvalue weighted by Gasteiger charge is 2.24. The maximum absolute atomic E-state index is 5.88. The zero-order valence-electron chi connectivity index (χ0n) is 9.95. The van der Waals surface area contributed by atoms with Crippen LogP contribution in [0, 0.1) is 0 Å². The molecule has 1 N–H and O–H groups in total. The minimum Gasteiger partial charge on any atom is -0.377 e. The zero-order valence-corrected chi connectivity index (χ0v) is 10.8. The van der Waals surface area contributed by atoms with Gasteiger partial charge in [-0.3, -0.25) is 0 Å². The van der Waals surface area contributed by atoms with E-state index < -0.39 is 0 Å². The molecule has 1 aliphatic rings. The Morgan fingerprint density at radius 1 is 1.56 bits per heavy atom. The molecule has 1 aliphatic heterocycles. The van der Waals surface area contributed by atoms with Crippen molar-refractivity contribution in [2.24, 2.45) is 0 Å². The molecule has 0 radical (unpaired) electrons. The van der Waals surface area contributed by atoms with Crippen LogP contribution in [0.4, 0.5) is 0 Å². The predicted molar refractivity (Wildman–Crippen MR) is 69.1 cm³/mol. The Bertz CT molecular complexity index is 280. The van der Waals surface area contributed by atoms with E-state index in [0.29, 0.717) is 12.1 Å². The van der Waals surface area contributed by atoms with Gasteiger partial charge in [0.05, 0.1) is 6.10 Å².